The first-order valence-corrected chi connectivity index (χ1v) is 5.18. The monoisotopic (exact) mass is 205 g/mol. The Morgan fingerprint density at radius 2 is 2.00 bits per heavy atom. The molecule has 4 heteroatoms. The van der Waals surface area contributed by atoms with Gasteiger partial charge in [0.25, 0.3) is 0 Å². The predicted octanol–water partition coefficient (Wildman–Crippen LogP) is 0.398. The van der Waals surface area contributed by atoms with Gasteiger partial charge in [-0.05, 0) is 27.3 Å². The van der Waals surface area contributed by atoms with Crippen LogP contribution in [-0.4, -0.2) is 50.7 Å². The molecular formula is C10H23NO3. The van der Waals surface area contributed by atoms with E-state index in [2.05, 4.69) is 5.32 Å². The Morgan fingerprint density at radius 3 is 2.50 bits per heavy atom. The molecule has 4 nitrogen and oxygen atoms in total. The topological polar surface area (TPSA) is 50.7 Å². The number of hydrogen-bond donors (Lipinski definition) is 2. The van der Waals surface area contributed by atoms with E-state index in [1.165, 1.54) is 0 Å². The zero-order valence-electron chi connectivity index (χ0n) is 9.45. The van der Waals surface area contributed by atoms with E-state index < -0.39 is 0 Å². The molecule has 0 aliphatic rings. The van der Waals surface area contributed by atoms with Gasteiger partial charge in [-0.1, -0.05) is 0 Å². The van der Waals surface area contributed by atoms with Gasteiger partial charge in [-0.3, -0.25) is 0 Å². The minimum absolute atomic E-state index is 0.192. The predicted molar refractivity (Wildman–Crippen MR) is 56.5 cm³/mol. The first kappa shape index (κ1) is 13.8. The normalized spacial score (nSPS) is 13.5. The van der Waals surface area contributed by atoms with Gasteiger partial charge in [0.15, 0.2) is 0 Å². The summed E-state index contributed by atoms with van der Waals surface area (Å²) >= 11 is 0. The van der Waals surface area contributed by atoms with Crippen molar-refractivity contribution in [3.05, 3.63) is 0 Å². The Kier molecular flexibility index (Phi) is 9.29. The zero-order valence-corrected chi connectivity index (χ0v) is 9.45. The van der Waals surface area contributed by atoms with E-state index >= 15 is 0 Å². The minimum atomic E-state index is 0.192. The van der Waals surface area contributed by atoms with Crippen molar-refractivity contribution in [2.45, 2.75) is 32.4 Å². The second-order valence-electron chi connectivity index (χ2n) is 3.49. The Labute approximate surface area is 86.6 Å². The van der Waals surface area contributed by atoms with Gasteiger partial charge in [0, 0.05) is 12.6 Å². The summed E-state index contributed by atoms with van der Waals surface area (Å²) in [5, 5.41) is 11.8. The molecule has 0 aliphatic heterocycles. The average Bonchev–Trinajstić information content (AvgIpc) is 2.15. The summed E-state index contributed by atoms with van der Waals surface area (Å²) in [6.07, 6.45) is 0.984. The molecule has 0 radical (unpaired) electrons. The van der Waals surface area contributed by atoms with Gasteiger partial charge in [-0.2, -0.15) is 0 Å². The van der Waals surface area contributed by atoms with Gasteiger partial charge in [-0.25, -0.2) is 0 Å². The molecule has 0 saturated heterocycles. The summed E-state index contributed by atoms with van der Waals surface area (Å²) in [6, 6.07) is 0.235. The molecule has 0 amide bonds. The molecule has 0 aromatic carbocycles. The fourth-order valence-electron chi connectivity index (χ4n) is 1.04. The summed E-state index contributed by atoms with van der Waals surface area (Å²) in [5.74, 6) is 0. The third-order valence-electron chi connectivity index (χ3n) is 1.88. The molecule has 0 fully saturated rings. The van der Waals surface area contributed by atoms with Crippen LogP contribution < -0.4 is 5.32 Å². The van der Waals surface area contributed by atoms with Crippen LogP contribution in [0.15, 0.2) is 0 Å². The van der Waals surface area contributed by atoms with E-state index in [1.54, 1.807) is 0 Å². The van der Waals surface area contributed by atoms with E-state index in [-0.39, 0.29) is 18.8 Å². The van der Waals surface area contributed by atoms with Crippen LogP contribution in [0.2, 0.25) is 0 Å². The van der Waals surface area contributed by atoms with Gasteiger partial charge < -0.3 is 19.9 Å². The number of ether oxygens (including phenoxy) is 2. The van der Waals surface area contributed by atoms with Crippen LogP contribution in [0, 0.1) is 0 Å². The summed E-state index contributed by atoms with van der Waals surface area (Å²) < 4.78 is 10.7. The molecule has 0 saturated carbocycles. The molecule has 2 N–H and O–H groups in total. The van der Waals surface area contributed by atoms with Crippen molar-refractivity contribution in [1.29, 1.82) is 0 Å². The highest BCUT2D eigenvalue weighted by molar-refractivity contribution is 4.61. The van der Waals surface area contributed by atoms with Crippen molar-refractivity contribution < 1.29 is 14.6 Å². The van der Waals surface area contributed by atoms with Crippen LogP contribution in [0.3, 0.4) is 0 Å². The number of hydrogen-bond acceptors (Lipinski definition) is 4. The molecule has 14 heavy (non-hydrogen) atoms. The SMILES string of the molecule is CNC(CCO)COCCOC(C)C. The second-order valence-corrected chi connectivity index (χ2v) is 3.49. The van der Waals surface area contributed by atoms with Crippen molar-refractivity contribution in [2.24, 2.45) is 0 Å². The lowest BCUT2D eigenvalue weighted by Crippen LogP contribution is -2.31. The lowest BCUT2D eigenvalue weighted by atomic mass is 10.2. The number of aliphatic hydroxyl groups is 1. The van der Waals surface area contributed by atoms with Crippen LogP contribution in [0.4, 0.5) is 0 Å². The van der Waals surface area contributed by atoms with E-state index in [1.807, 2.05) is 20.9 Å². The summed E-state index contributed by atoms with van der Waals surface area (Å²) in [6.45, 7) is 6.06. The fraction of sp³-hybridized carbons (Fsp3) is 1.00. The molecule has 0 rings (SSSR count). The molecule has 0 aliphatic carbocycles. The van der Waals surface area contributed by atoms with Crippen LogP contribution in [-0.2, 0) is 9.47 Å². The highest BCUT2D eigenvalue weighted by atomic mass is 16.5. The van der Waals surface area contributed by atoms with Gasteiger partial charge in [0.1, 0.15) is 0 Å². The first-order valence-electron chi connectivity index (χ1n) is 5.18. The first-order chi connectivity index (χ1) is 6.70. The van der Waals surface area contributed by atoms with Crippen molar-refractivity contribution in [1.82, 2.24) is 5.32 Å². The van der Waals surface area contributed by atoms with Crippen LogP contribution in [0.5, 0.6) is 0 Å². The average molecular weight is 205 g/mol. The van der Waals surface area contributed by atoms with Gasteiger partial charge in [-0.15, -0.1) is 0 Å². The van der Waals surface area contributed by atoms with E-state index in [0.717, 1.165) is 6.42 Å². The zero-order chi connectivity index (χ0) is 10.8. The number of aliphatic hydroxyl groups excluding tert-OH is 1. The number of rotatable bonds is 9. The Bertz CT molecular complexity index is 120. The largest absolute Gasteiger partial charge is 0.396 e. The molecule has 86 valence electrons. The molecular weight excluding hydrogens is 182 g/mol. The van der Waals surface area contributed by atoms with Crippen molar-refractivity contribution in [2.75, 3.05) is 33.5 Å². The standard InChI is InChI=1S/C10H23NO3/c1-9(2)14-7-6-13-8-10(11-3)4-5-12/h9-12H,4-8H2,1-3H3. The molecule has 1 unspecified atom stereocenters. The van der Waals surface area contributed by atoms with Crippen LogP contribution in [0.25, 0.3) is 0 Å². The number of nitrogens with one attached hydrogen (secondary N) is 1. The lowest BCUT2D eigenvalue weighted by Gasteiger charge is -2.15. The Hall–Kier alpha value is -0.160. The van der Waals surface area contributed by atoms with Gasteiger partial charge >= 0.3 is 0 Å². The molecule has 0 aromatic rings. The maximum absolute atomic E-state index is 8.72. The molecule has 0 aromatic heterocycles. The van der Waals surface area contributed by atoms with Crippen molar-refractivity contribution in [3.63, 3.8) is 0 Å². The number of likely N-dealkylation sites (N-methyl/N-ethyl adjacent to an activating group) is 1. The van der Waals surface area contributed by atoms with Crippen molar-refractivity contribution >= 4 is 0 Å². The summed E-state index contributed by atoms with van der Waals surface area (Å²) in [4.78, 5) is 0. The molecule has 0 heterocycles. The lowest BCUT2D eigenvalue weighted by molar-refractivity contribution is 0.0128. The highest BCUT2D eigenvalue weighted by Gasteiger charge is 2.04. The van der Waals surface area contributed by atoms with Gasteiger partial charge in [0.2, 0.25) is 0 Å². The minimum Gasteiger partial charge on any atom is -0.396 e. The highest BCUT2D eigenvalue weighted by Crippen LogP contribution is 1.92. The van der Waals surface area contributed by atoms with Crippen LogP contribution in [0.1, 0.15) is 20.3 Å². The smallest absolute Gasteiger partial charge is 0.0703 e. The summed E-state index contributed by atoms with van der Waals surface area (Å²) in [5.41, 5.74) is 0. The molecule has 0 bridgehead atoms. The van der Waals surface area contributed by atoms with E-state index in [4.69, 9.17) is 14.6 Å². The second kappa shape index (κ2) is 9.40. The van der Waals surface area contributed by atoms with Gasteiger partial charge in [0.05, 0.1) is 25.9 Å². The maximum atomic E-state index is 8.72. The van der Waals surface area contributed by atoms with Crippen LogP contribution >= 0.6 is 0 Å². The maximum Gasteiger partial charge on any atom is 0.0703 e. The molecule has 1 atom stereocenters. The molecule has 0 spiro atoms. The third-order valence-corrected chi connectivity index (χ3v) is 1.88. The van der Waals surface area contributed by atoms with Crippen molar-refractivity contribution in [3.8, 4) is 0 Å². The quantitative estimate of drug-likeness (QED) is 0.535. The Morgan fingerprint density at radius 1 is 1.29 bits per heavy atom. The third kappa shape index (κ3) is 8.44. The fourth-order valence-corrected chi connectivity index (χ4v) is 1.04. The summed E-state index contributed by atoms with van der Waals surface area (Å²) in [7, 11) is 1.87. The van der Waals surface area contributed by atoms with E-state index in [9.17, 15) is 0 Å². The Balaban J connectivity index is 3.24. The van der Waals surface area contributed by atoms with E-state index in [0.29, 0.717) is 19.8 Å².